The summed E-state index contributed by atoms with van der Waals surface area (Å²) < 4.78 is 11.0. The average molecular weight is 471 g/mol. The number of aryl methyl sites for hydroxylation is 1. The number of methoxy groups -OCH3 is 1. The van der Waals surface area contributed by atoms with Crippen LogP contribution < -0.4 is 10.3 Å². The molecule has 0 amide bonds. The van der Waals surface area contributed by atoms with Gasteiger partial charge in [-0.1, -0.05) is 30.3 Å². The Labute approximate surface area is 202 Å². The zero-order valence-electron chi connectivity index (χ0n) is 19.9. The van der Waals surface area contributed by atoms with Crippen LogP contribution in [0.3, 0.4) is 0 Å². The highest BCUT2D eigenvalue weighted by Crippen LogP contribution is 2.34. The average Bonchev–Trinajstić information content (AvgIpc) is 3.51. The van der Waals surface area contributed by atoms with Crippen molar-refractivity contribution < 1.29 is 4.74 Å². The molecule has 3 aromatic heterocycles. The van der Waals surface area contributed by atoms with Gasteiger partial charge in [0.05, 0.1) is 24.2 Å². The molecule has 0 atom stereocenters. The van der Waals surface area contributed by atoms with E-state index in [1.807, 2.05) is 87.1 Å². The number of benzene rings is 2. The van der Waals surface area contributed by atoms with Crippen molar-refractivity contribution in [1.82, 2.24) is 18.9 Å². The Kier molecular flexibility index (Phi) is 5.49. The van der Waals surface area contributed by atoms with Crippen LogP contribution in [0, 0.1) is 20.8 Å². The zero-order chi connectivity index (χ0) is 24.0. The van der Waals surface area contributed by atoms with Crippen molar-refractivity contribution in [3.8, 4) is 39.0 Å². The first kappa shape index (κ1) is 22.0. The van der Waals surface area contributed by atoms with E-state index in [1.165, 1.54) is 0 Å². The van der Waals surface area contributed by atoms with Gasteiger partial charge in [0, 0.05) is 34.9 Å². The third-order valence-electron chi connectivity index (χ3n) is 6.28. The molecule has 2 aromatic carbocycles. The molecular formula is C27H26N4O2S. The SMILES string of the molecule is COc1cccc(-c2nc(-c3cc(C)n(-c4c(C)n(C)n(-c5ccccc5)c4=O)c3C)cs2)c1. The van der Waals surface area contributed by atoms with Crippen LogP contribution in [-0.4, -0.2) is 26.0 Å². The van der Waals surface area contributed by atoms with Gasteiger partial charge in [0.1, 0.15) is 16.4 Å². The normalized spacial score (nSPS) is 11.2. The number of aromatic nitrogens is 4. The third-order valence-corrected chi connectivity index (χ3v) is 7.17. The van der Waals surface area contributed by atoms with Gasteiger partial charge in [-0.05, 0) is 51.1 Å². The first-order chi connectivity index (χ1) is 16.4. The van der Waals surface area contributed by atoms with Crippen LogP contribution in [0.4, 0.5) is 0 Å². The Morgan fingerprint density at radius 2 is 1.71 bits per heavy atom. The topological polar surface area (TPSA) is 54.0 Å². The number of ether oxygens (including phenoxy) is 1. The fraction of sp³-hybridized carbons (Fsp3) is 0.185. The fourth-order valence-electron chi connectivity index (χ4n) is 4.46. The van der Waals surface area contributed by atoms with Crippen LogP contribution in [0.15, 0.2) is 70.8 Å². The van der Waals surface area contributed by atoms with Crippen LogP contribution in [0.25, 0.3) is 33.2 Å². The number of hydrogen-bond donors (Lipinski definition) is 0. The summed E-state index contributed by atoms with van der Waals surface area (Å²) in [5.41, 5.74) is 7.29. The van der Waals surface area contributed by atoms with Gasteiger partial charge in [-0.2, -0.15) is 0 Å². The molecule has 0 N–H and O–H groups in total. The van der Waals surface area contributed by atoms with Gasteiger partial charge < -0.3 is 9.30 Å². The summed E-state index contributed by atoms with van der Waals surface area (Å²) in [5, 5.41) is 3.00. The standard InChI is InChI=1S/C27H26N4O2S/c1-17-14-23(24-16-34-26(28-24)20-10-9-13-22(15-20)33-5)18(2)30(17)25-19(3)29(4)31(27(25)32)21-11-7-6-8-12-21/h6-16H,1-5H3. The minimum absolute atomic E-state index is 0.0464. The molecule has 0 saturated heterocycles. The van der Waals surface area contributed by atoms with E-state index in [2.05, 4.69) is 16.0 Å². The van der Waals surface area contributed by atoms with Crippen molar-refractivity contribution in [3.05, 3.63) is 93.5 Å². The summed E-state index contributed by atoms with van der Waals surface area (Å²) in [7, 11) is 3.59. The summed E-state index contributed by atoms with van der Waals surface area (Å²) in [5.74, 6) is 0.807. The lowest BCUT2D eigenvalue weighted by atomic mass is 10.2. The van der Waals surface area contributed by atoms with Gasteiger partial charge >= 0.3 is 0 Å². The number of thiazole rings is 1. The van der Waals surface area contributed by atoms with E-state index >= 15 is 0 Å². The molecule has 0 fully saturated rings. The molecule has 0 radical (unpaired) electrons. The summed E-state index contributed by atoms with van der Waals surface area (Å²) in [6, 6.07) is 19.8. The van der Waals surface area contributed by atoms with E-state index in [9.17, 15) is 4.79 Å². The number of para-hydroxylation sites is 1. The lowest BCUT2D eigenvalue weighted by molar-refractivity contribution is 0.415. The van der Waals surface area contributed by atoms with E-state index < -0.39 is 0 Å². The van der Waals surface area contributed by atoms with E-state index in [0.29, 0.717) is 5.69 Å². The van der Waals surface area contributed by atoms with Crippen molar-refractivity contribution in [2.45, 2.75) is 20.8 Å². The Morgan fingerprint density at radius 1 is 0.941 bits per heavy atom. The zero-order valence-corrected chi connectivity index (χ0v) is 20.7. The first-order valence-electron chi connectivity index (χ1n) is 11.0. The van der Waals surface area contributed by atoms with Gasteiger partial charge in [0.25, 0.3) is 5.56 Å². The van der Waals surface area contributed by atoms with Crippen molar-refractivity contribution in [1.29, 1.82) is 0 Å². The Balaban J connectivity index is 1.61. The van der Waals surface area contributed by atoms with Crippen LogP contribution >= 0.6 is 11.3 Å². The molecule has 0 spiro atoms. The van der Waals surface area contributed by atoms with E-state index in [4.69, 9.17) is 9.72 Å². The second-order valence-electron chi connectivity index (χ2n) is 8.30. The van der Waals surface area contributed by atoms with Crippen LogP contribution in [-0.2, 0) is 7.05 Å². The monoisotopic (exact) mass is 470 g/mol. The van der Waals surface area contributed by atoms with Crippen molar-refractivity contribution in [2.24, 2.45) is 7.05 Å². The van der Waals surface area contributed by atoms with Crippen LogP contribution in [0.2, 0.25) is 0 Å². The minimum Gasteiger partial charge on any atom is -0.497 e. The summed E-state index contributed by atoms with van der Waals surface area (Å²) in [6.45, 7) is 6.06. The maximum atomic E-state index is 13.6. The van der Waals surface area contributed by atoms with Crippen LogP contribution in [0.1, 0.15) is 17.1 Å². The molecule has 0 aliphatic heterocycles. The quantitative estimate of drug-likeness (QED) is 0.332. The lowest BCUT2D eigenvalue weighted by Crippen LogP contribution is -2.21. The highest BCUT2D eigenvalue weighted by atomic mass is 32.1. The molecule has 0 bridgehead atoms. The lowest BCUT2D eigenvalue weighted by Gasteiger charge is -2.08. The van der Waals surface area contributed by atoms with Crippen molar-refractivity contribution in [3.63, 3.8) is 0 Å². The summed E-state index contributed by atoms with van der Waals surface area (Å²) >= 11 is 1.60. The van der Waals surface area contributed by atoms with E-state index in [1.54, 1.807) is 23.1 Å². The number of nitrogens with zero attached hydrogens (tertiary/aromatic N) is 4. The molecular weight excluding hydrogens is 444 g/mol. The van der Waals surface area contributed by atoms with Crippen molar-refractivity contribution >= 4 is 11.3 Å². The maximum absolute atomic E-state index is 13.6. The molecule has 7 heteroatoms. The number of hydrogen-bond acceptors (Lipinski definition) is 4. The predicted molar refractivity (Wildman–Crippen MR) is 138 cm³/mol. The van der Waals surface area contributed by atoms with Gasteiger partial charge in [-0.15, -0.1) is 11.3 Å². The van der Waals surface area contributed by atoms with Crippen LogP contribution in [0.5, 0.6) is 5.75 Å². The fourth-order valence-corrected chi connectivity index (χ4v) is 5.28. The smallest absolute Gasteiger partial charge is 0.295 e. The minimum atomic E-state index is -0.0464. The molecule has 3 heterocycles. The van der Waals surface area contributed by atoms with Gasteiger partial charge in [-0.25, -0.2) is 9.67 Å². The Hall–Kier alpha value is -3.84. The molecule has 6 nitrogen and oxygen atoms in total. The molecule has 0 aliphatic rings. The second kappa shape index (κ2) is 8.50. The summed E-state index contributed by atoms with van der Waals surface area (Å²) in [4.78, 5) is 18.5. The van der Waals surface area contributed by atoms with Gasteiger partial charge in [0.2, 0.25) is 0 Å². The third kappa shape index (κ3) is 3.49. The predicted octanol–water partition coefficient (Wildman–Crippen LogP) is 5.69. The summed E-state index contributed by atoms with van der Waals surface area (Å²) in [6.07, 6.45) is 0. The first-order valence-corrected chi connectivity index (χ1v) is 11.9. The molecule has 34 heavy (non-hydrogen) atoms. The molecule has 0 unspecified atom stereocenters. The Morgan fingerprint density at radius 3 is 2.44 bits per heavy atom. The van der Waals surface area contributed by atoms with Gasteiger partial charge in [-0.3, -0.25) is 9.48 Å². The number of rotatable bonds is 5. The van der Waals surface area contributed by atoms with Gasteiger partial charge in [0.15, 0.2) is 0 Å². The molecule has 172 valence electrons. The molecule has 5 rings (SSSR count). The van der Waals surface area contributed by atoms with Crippen molar-refractivity contribution in [2.75, 3.05) is 7.11 Å². The maximum Gasteiger partial charge on any atom is 0.295 e. The Bertz CT molecular complexity index is 1550. The molecule has 0 aliphatic carbocycles. The highest BCUT2D eigenvalue weighted by molar-refractivity contribution is 7.13. The molecule has 0 saturated carbocycles. The van der Waals surface area contributed by atoms with E-state index in [-0.39, 0.29) is 5.56 Å². The highest BCUT2D eigenvalue weighted by Gasteiger charge is 2.23. The largest absolute Gasteiger partial charge is 0.497 e. The second-order valence-corrected chi connectivity index (χ2v) is 9.16. The van der Waals surface area contributed by atoms with E-state index in [0.717, 1.165) is 50.3 Å². The molecule has 5 aromatic rings.